The largest absolute Gasteiger partial charge is 0.417 e. The summed E-state index contributed by atoms with van der Waals surface area (Å²) in [6.45, 7) is 1.55. The molecule has 0 saturated carbocycles. The predicted molar refractivity (Wildman–Crippen MR) is 59.4 cm³/mol. The Bertz CT molecular complexity index is 518. The minimum absolute atomic E-state index is 0.115. The van der Waals surface area contributed by atoms with Gasteiger partial charge in [0.2, 0.25) is 0 Å². The van der Waals surface area contributed by atoms with Crippen molar-refractivity contribution in [3.63, 3.8) is 0 Å². The highest BCUT2D eigenvalue weighted by atomic mass is 19.4. The van der Waals surface area contributed by atoms with E-state index in [2.05, 4.69) is 4.98 Å². The van der Waals surface area contributed by atoms with Gasteiger partial charge in [-0.2, -0.15) is 13.2 Å². The van der Waals surface area contributed by atoms with Crippen LogP contribution in [-0.2, 0) is 6.18 Å². The Labute approximate surface area is 96.9 Å². The molecule has 88 valence electrons. The van der Waals surface area contributed by atoms with Crippen LogP contribution in [0.25, 0.3) is 11.1 Å². The molecule has 0 unspecified atom stereocenters. The van der Waals surface area contributed by atoms with E-state index in [4.69, 9.17) is 0 Å². The fourth-order valence-electron chi connectivity index (χ4n) is 1.64. The van der Waals surface area contributed by atoms with Crippen molar-refractivity contribution in [3.8, 4) is 11.1 Å². The van der Waals surface area contributed by atoms with Gasteiger partial charge in [-0.3, -0.25) is 4.98 Å². The normalized spacial score (nSPS) is 11.5. The summed E-state index contributed by atoms with van der Waals surface area (Å²) >= 11 is 0. The number of halogens is 3. The van der Waals surface area contributed by atoms with Gasteiger partial charge >= 0.3 is 6.18 Å². The van der Waals surface area contributed by atoms with Gasteiger partial charge in [0.1, 0.15) is 0 Å². The number of nitrogens with zero attached hydrogens (tertiary/aromatic N) is 1. The third kappa shape index (κ3) is 2.46. The average molecular weight is 237 g/mol. The molecule has 0 N–H and O–H groups in total. The van der Waals surface area contributed by atoms with Gasteiger partial charge < -0.3 is 0 Å². The van der Waals surface area contributed by atoms with E-state index in [1.165, 1.54) is 6.20 Å². The predicted octanol–water partition coefficient (Wildman–Crippen LogP) is 4.08. The van der Waals surface area contributed by atoms with E-state index < -0.39 is 11.7 Å². The molecule has 2 rings (SSSR count). The standard InChI is InChI=1S/C13H10F3N/c1-9-7-12(13(14,15)16)11(8-17-9)10-5-3-2-4-6-10/h2-8H,1H3. The summed E-state index contributed by atoms with van der Waals surface area (Å²) in [7, 11) is 0. The van der Waals surface area contributed by atoms with Crippen LogP contribution in [0.2, 0.25) is 0 Å². The number of hydrogen-bond acceptors (Lipinski definition) is 1. The van der Waals surface area contributed by atoms with E-state index in [0.717, 1.165) is 6.07 Å². The summed E-state index contributed by atoms with van der Waals surface area (Å²) in [5, 5.41) is 0. The Morgan fingerprint density at radius 2 is 1.71 bits per heavy atom. The molecule has 0 amide bonds. The molecule has 1 nitrogen and oxygen atoms in total. The molecule has 17 heavy (non-hydrogen) atoms. The summed E-state index contributed by atoms with van der Waals surface area (Å²) < 4.78 is 38.7. The van der Waals surface area contributed by atoms with Crippen molar-refractivity contribution in [1.82, 2.24) is 4.98 Å². The Morgan fingerprint density at radius 1 is 1.06 bits per heavy atom. The number of aromatic nitrogens is 1. The van der Waals surface area contributed by atoms with E-state index in [1.54, 1.807) is 37.3 Å². The fourth-order valence-corrected chi connectivity index (χ4v) is 1.64. The first kappa shape index (κ1) is 11.6. The van der Waals surface area contributed by atoms with Gasteiger partial charge in [0.15, 0.2) is 0 Å². The van der Waals surface area contributed by atoms with Gasteiger partial charge in [-0.05, 0) is 18.6 Å². The van der Waals surface area contributed by atoms with Crippen LogP contribution in [0.3, 0.4) is 0 Å². The monoisotopic (exact) mass is 237 g/mol. The first-order valence-electron chi connectivity index (χ1n) is 5.08. The second-order valence-electron chi connectivity index (χ2n) is 3.74. The van der Waals surface area contributed by atoms with Crippen LogP contribution >= 0.6 is 0 Å². The molecule has 4 heteroatoms. The number of hydrogen-bond donors (Lipinski definition) is 0. The topological polar surface area (TPSA) is 12.9 Å². The molecule has 0 aliphatic rings. The number of benzene rings is 1. The van der Waals surface area contributed by atoms with Crippen LogP contribution < -0.4 is 0 Å². The number of rotatable bonds is 1. The first-order chi connectivity index (χ1) is 7.98. The molecular formula is C13H10F3N. The smallest absolute Gasteiger partial charge is 0.261 e. The zero-order valence-corrected chi connectivity index (χ0v) is 9.12. The lowest BCUT2D eigenvalue weighted by Gasteiger charge is -2.13. The lowest BCUT2D eigenvalue weighted by Crippen LogP contribution is -2.08. The van der Waals surface area contributed by atoms with Crippen LogP contribution in [0.5, 0.6) is 0 Å². The molecule has 0 aliphatic heterocycles. The number of pyridine rings is 1. The van der Waals surface area contributed by atoms with Gasteiger partial charge in [-0.25, -0.2) is 0 Å². The van der Waals surface area contributed by atoms with Gasteiger partial charge in [0, 0.05) is 17.5 Å². The van der Waals surface area contributed by atoms with E-state index in [0.29, 0.717) is 11.3 Å². The van der Waals surface area contributed by atoms with Crippen molar-refractivity contribution in [1.29, 1.82) is 0 Å². The molecule has 0 bridgehead atoms. The zero-order valence-electron chi connectivity index (χ0n) is 9.12. The Hall–Kier alpha value is -1.84. The summed E-state index contributed by atoms with van der Waals surface area (Å²) in [4.78, 5) is 3.93. The number of alkyl halides is 3. The molecule has 1 aromatic heterocycles. The molecule has 0 saturated heterocycles. The Morgan fingerprint density at radius 3 is 2.29 bits per heavy atom. The van der Waals surface area contributed by atoms with Gasteiger partial charge in [0.05, 0.1) is 5.56 Å². The van der Waals surface area contributed by atoms with E-state index in [-0.39, 0.29) is 5.56 Å². The van der Waals surface area contributed by atoms with Gasteiger partial charge in [-0.1, -0.05) is 30.3 Å². The van der Waals surface area contributed by atoms with Gasteiger partial charge in [-0.15, -0.1) is 0 Å². The lowest BCUT2D eigenvalue weighted by molar-refractivity contribution is -0.137. The maximum atomic E-state index is 12.9. The van der Waals surface area contributed by atoms with Crippen molar-refractivity contribution >= 4 is 0 Å². The molecule has 0 atom stereocenters. The van der Waals surface area contributed by atoms with Crippen LogP contribution in [0.4, 0.5) is 13.2 Å². The van der Waals surface area contributed by atoms with E-state index >= 15 is 0 Å². The summed E-state index contributed by atoms with van der Waals surface area (Å²) in [6.07, 6.45) is -3.09. The Balaban J connectivity index is 2.63. The second kappa shape index (κ2) is 4.20. The molecule has 0 fully saturated rings. The third-order valence-corrected chi connectivity index (χ3v) is 2.43. The maximum Gasteiger partial charge on any atom is 0.417 e. The summed E-state index contributed by atoms with van der Waals surface area (Å²) in [5.41, 5.74) is 0.351. The molecule has 0 aliphatic carbocycles. The fraction of sp³-hybridized carbons (Fsp3) is 0.154. The van der Waals surface area contributed by atoms with Crippen molar-refractivity contribution < 1.29 is 13.2 Å². The SMILES string of the molecule is Cc1cc(C(F)(F)F)c(-c2ccccc2)cn1. The summed E-state index contributed by atoms with van der Waals surface area (Å²) in [6, 6.07) is 9.52. The quantitative estimate of drug-likeness (QED) is 0.728. The van der Waals surface area contributed by atoms with Crippen LogP contribution in [0, 0.1) is 6.92 Å². The first-order valence-corrected chi connectivity index (χ1v) is 5.08. The minimum Gasteiger partial charge on any atom is -0.261 e. The highest BCUT2D eigenvalue weighted by molar-refractivity contribution is 5.67. The van der Waals surface area contributed by atoms with Crippen molar-refractivity contribution in [2.75, 3.05) is 0 Å². The average Bonchev–Trinajstić information content (AvgIpc) is 2.29. The molecule has 1 aromatic carbocycles. The van der Waals surface area contributed by atoms with Crippen molar-refractivity contribution in [3.05, 3.63) is 53.9 Å². The highest BCUT2D eigenvalue weighted by Gasteiger charge is 2.33. The molecular weight excluding hydrogens is 227 g/mol. The summed E-state index contributed by atoms with van der Waals surface area (Å²) in [5.74, 6) is 0. The van der Waals surface area contributed by atoms with Crippen molar-refractivity contribution in [2.45, 2.75) is 13.1 Å². The Kier molecular flexibility index (Phi) is 2.88. The van der Waals surface area contributed by atoms with Crippen LogP contribution in [0.15, 0.2) is 42.6 Å². The minimum atomic E-state index is -4.36. The number of aryl methyl sites for hydroxylation is 1. The highest BCUT2D eigenvalue weighted by Crippen LogP contribution is 2.36. The molecule has 2 aromatic rings. The maximum absolute atomic E-state index is 12.9. The van der Waals surface area contributed by atoms with Crippen molar-refractivity contribution in [2.24, 2.45) is 0 Å². The zero-order chi connectivity index (χ0) is 12.5. The van der Waals surface area contributed by atoms with E-state index in [9.17, 15) is 13.2 Å². The van der Waals surface area contributed by atoms with Gasteiger partial charge in [0.25, 0.3) is 0 Å². The molecule has 1 heterocycles. The van der Waals surface area contributed by atoms with E-state index in [1.807, 2.05) is 0 Å². The van der Waals surface area contributed by atoms with Crippen LogP contribution in [-0.4, -0.2) is 4.98 Å². The molecule has 0 spiro atoms. The molecule has 0 radical (unpaired) electrons. The second-order valence-corrected chi connectivity index (χ2v) is 3.74. The third-order valence-electron chi connectivity index (χ3n) is 2.43. The lowest BCUT2D eigenvalue weighted by atomic mass is 10.0. The van der Waals surface area contributed by atoms with Crippen LogP contribution in [0.1, 0.15) is 11.3 Å².